The van der Waals surface area contributed by atoms with Crippen LogP contribution in [0.4, 0.5) is 0 Å². The Hall–Kier alpha value is -2.21. The van der Waals surface area contributed by atoms with E-state index in [4.69, 9.17) is 0 Å². The summed E-state index contributed by atoms with van der Waals surface area (Å²) in [6, 6.07) is 7.33. The van der Waals surface area contributed by atoms with Gasteiger partial charge in [-0.1, -0.05) is 18.2 Å². The lowest BCUT2D eigenvalue weighted by Crippen LogP contribution is -3.13. The van der Waals surface area contributed by atoms with Crippen molar-refractivity contribution in [3.63, 3.8) is 0 Å². The maximum Gasteiger partial charge on any atom is 0.274 e. The topological polar surface area (TPSA) is 68.4 Å². The van der Waals surface area contributed by atoms with E-state index in [1.54, 1.807) is 30.1 Å². The number of nitrogens with one attached hydrogen (secondary N) is 2. The van der Waals surface area contributed by atoms with Gasteiger partial charge < -0.3 is 10.2 Å². The first-order valence-corrected chi connectivity index (χ1v) is 8.20. The highest BCUT2D eigenvalue weighted by atomic mass is 16.2. The van der Waals surface area contributed by atoms with Gasteiger partial charge in [0.15, 0.2) is 5.69 Å². The molecule has 1 amide bonds. The Labute approximate surface area is 135 Å². The van der Waals surface area contributed by atoms with Crippen LogP contribution >= 0.6 is 0 Å². The zero-order valence-electron chi connectivity index (χ0n) is 13.6. The quantitative estimate of drug-likeness (QED) is 0.819. The van der Waals surface area contributed by atoms with E-state index in [1.165, 1.54) is 4.68 Å². The predicted octanol–water partition coefficient (Wildman–Crippen LogP) is -0.269. The monoisotopic (exact) mass is 315 g/mol. The summed E-state index contributed by atoms with van der Waals surface area (Å²) in [6.45, 7) is 5.49. The minimum Gasteiger partial charge on any atom is -0.347 e. The highest BCUT2D eigenvalue weighted by Crippen LogP contribution is 2.13. The Balaban J connectivity index is 1.84. The van der Waals surface area contributed by atoms with E-state index < -0.39 is 0 Å². The van der Waals surface area contributed by atoms with Crippen LogP contribution in [0.25, 0.3) is 10.8 Å². The first kappa shape index (κ1) is 15.7. The fraction of sp³-hybridized carbons (Fsp3) is 0.471. The third-order valence-electron chi connectivity index (χ3n) is 4.70. The molecule has 1 aromatic heterocycles. The summed E-state index contributed by atoms with van der Waals surface area (Å²) in [5, 5.41) is 8.42. The number of piperidine rings is 1. The smallest absolute Gasteiger partial charge is 0.274 e. The number of aryl methyl sites for hydroxylation is 1. The van der Waals surface area contributed by atoms with E-state index in [0.717, 1.165) is 32.5 Å². The van der Waals surface area contributed by atoms with Gasteiger partial charge in [0.2, 0.25) is 0 Å². The van der Waals surface area contributed by atoms with Crippen LogP contribution in [0.5, 0.6) is 0 Å². The Morgan fingerprint density at radius 1 is 1.30 bits per heavy atom. The molecule has 0 saturated carbocycles. The molecule has 23 heavy (non-hydrogen) atoms. The first-order valence-electron chi connectivity index (χ1n) is 8.20. The van der Waals surface area contributed by atoms with Crippen molar-refractivity contribution >= 4 is 16.7 Å². The van der Waals surface area contributed by atoms with Crippen molar-refractivity contribution in [3.05, 3.63) is 40.3 Å². The van der Waals surface area contributed by atoms with Gasteiger partial charge in [0.05, 0.1) is 25.0 Å². The Bertz CT molecular complexity index is 776. The minimum absolute atomic E-state index is 0.183. The number of amides is 1. The number of carbonyl (C=O) groups is 1. The van der Waals surface area contributed by atoms with Gasteiger partial charge in [-0.15, -0.1) is 0 Å². The second kappa shape index (κ2) is 6.50. The number of hydrogen-bond acceptors (Lipinski definition) is 3. The lowest BCUT2D eigenvalue weighted by Gasteiger charge is -2.28. The summed E-state index contributed by atoms with van der Waals surface area (Å²) in [4.78, 5) is 26.4. The lowest BCUT2D eigenvalue weighted by molar-refractivity contribution is -0.903. The molecule has 1 aliphatic rings. The third-order valence-corrected chi connectivity index (χ3v) is 4.70. The standard InChI is InChI=1S/C17H22N4O2/c1-3-21-10-8-12(9-11-21)18-16(22)15-13-6-4-5-7-14(13)17(23)20(2)19-15/h4-7,12H,3,8-11H2,1-2H3,(H,18,22)/p+1. The minimum atomic E-state index is -0.193. The van der Waals surface area contributed by atoms with Gasteiger partial charge in [-0.2, -0.15) is 5.10 Å². The van der Waals surface area contributed by atoms with E-state index in [-0.39, 0.29) is 17.5 Å². The third kappa shape index (κ3) is 3.12. The Morgan fingerprint density at radius 3 is 2.61 bits per heavy atom. The van der Waals surface area contributed by atoms with Gasteiger partial charge in [0.25, 0.3) is 11.5 Å². The number of benzene rings is 1. The summed E-state index contributed by atoms with van der Waals surface area (Å²) < 4.78 is 1.24. The molecule has 0 radical (unpaired) electrons. The van der Waals surface area contributed by atoms with Crippen LogP contribution in [0.2, 0.25) is 0 Å². The summed E-state index contributed by atoms with van der Waals surface area (Å²) in [5.41, 5.74) is 0.143. The van der Waals surface area contributed by atoms with Gasteiger partial charge in [-0.3, -0.25) is 9.59 Å². The molecule has 2 heterocycles. The van der Waals surface area contributed by atoms with Crippen molar-refractivity contribution < 1.29 is 9.69 Å². The van der Waals surface area contributed by atoms with Gasteiger partial charge in [0.1, 0.15) is 0 Å². The summed E-state index contributed by atoms with van der Waals surface area (Å²) in [5.74, 6) is -0.193. The van der Waals surface area contributed by atoms with Crippen molar-refractivity contribution in [3.8, 4) is 0 Å². The van der Waals surface area contributed by atoms with E-state index in [2.05, 4.69) is 17.3 Å². The van der Waals surface area contributed by atoms with E-state index in [0.29, 0.717) is 16.5 Å². The largest absolute Gasteiger partial charge is 0.347 e. The van der Waals surface area contributed by atoms with Gasteiger partial charge in [-0.25, -0.2) is 4.68 Å². The Kier molecular flexibility index (Phi) is 4.43. The number of aromatic nitrogens is 2. The molecule has 2 aromatic rings. The van der Waals surface area contributed by atoms with Crippen LogP contribution in [0.1, 0.15) is 30.3 Å². The molecule has 0 unspecified atom stereocenters. The zero-order valence-corrected chi connectivity index (χ0v) is 13.6. The fourth-order valence-corrected chi connectivity index (χ4v) is 3.25. The number of carbonyl (C=O) groups excluding carboxylic acids is 1. The molecule has 3 rings (SSSR count). The molecule has 1 saturated heterocycles. The van der Waals surface area contributed by atoms with Crippen LogP contribution in [0, 0.1) is 0 Å². The molecule has 1 fully saturated rings. The maximum absolute atomic E-state index is 12.6. The van der Waals surface area contributed by atoms with Crippen molar-refractivity contribution in [2.24, 2.45) is 7.05 Å². The number of likely N-dealkylation sites (tertiary alicyclic amines) is 1. The van der Waals surface area contributed by atoms with E-state index >= 15 is 0 Å². The van der Waals surface area contributed by atoms with Gasteiger partial charge in [-0.05, 0) is 13.0 Å². The van der Waals surface area contributed by atoms with Crippen LogP contribution in [-0.4, -0.2) is 41.4 Å². The number of fused-ring (bicyclic) bond motifs is 1. The second-order valence-corrected chi connectivity index (χ2v) is 6.17. The predicted molar refractivity (Wildman–Crippen MR) is 88.7 cm³/mol. The first-order chi connectivity index (χ1) is 11.1. The summed E-state index contributed by atoms with van der Waals surface area (Å²) >= 11 is 0. The molecule has 0 atom stereocenters. The summed E-state index contributed by atoms with van der Waals surface area (Å²) in [6.07, 6.45) is 1.97. The van der Waals surface area contributed by atoms with Crippen molar-refractivity contribution in [2.45, 2.75) is 25.8 Å². The molecule has 6 heteroatoms. The molecule has 122 valence electrons. The molecule has 1 aliphatic heterocycles. The van der Waals surface area contributed by atoms with Crippen molar-refractivity contribution in [1.82, 2.24) is 15.1 Å². The maximum atomic E-state index is 12.6. The molecule has 0 spiro atoms. The molecule has 6 nitrogen and oxygen atoms in total. The SMILES string of the molecule is CC[NH+]1CCC(NC(=O)c2nn(C)c(=O)c3ccccc23)CC1. The van der Waals surface area contributed by atoms with Crippen LogP contribution in [-0.2, 0) is 7.05 Å². The average Bonchev–Trinajstić information content (AvgIpc) is 2.58. The number of quaternary nitrogens is 1. The highest BCUT2D eigenvalue weighted by molar-refractivity contribution is 6.04. The lowest BCUT2D eigenvalue weighted by atomic mass is 10.0. The van der Waals surface area contributed by atoms with Crippen molar-refractivity contribution in [2.75, 3.05) is 19.6 Å². The van der Waals surface area contributed by atoms with Crippen LogP contribution < -0.4 is 15.8 Å². The van der Waals surface area contributed by atoms with Crippen LogP contribution in [0.3, 0.4) is 0 Å². The normalized spacial score (nSPS) is 21.3. The molecular formula is C17H23N4O2+. The van der Waals surface area contributed by atoms with E-state index in [9.17, 15) is 9.59 Å². The molecule has 0 aliphatic carbocycles. The molecular weight excluding hydrogens is 292 g/mol. The van der Waals surface area contributed by atoms with Crippen molar-refractivity contribution in [1.29, 1.82) is 0 Å². The molecule has 1 aromatic carbocycles. The second-order valence-electron chi connectivity index (χ2n) is 6.17. The number of rotatable bonds is 3. The van der Waals surface area contributed by atoms with Crippen LogP contribution in [0.15, 0.2) is 29.1 Å². The average molecular weight is 315 g/mol. The Morgan fingerprint density at radius 2 is 1.96 bits per heavy atom. The van der Waals surface area contributed by atoms with Gasteiger partial charge >= 0.3 is 0 Å². The fourth-order valence-electron chi connectivity index (χ4n) is 3.25. The summed E-state index contributed by atoms with van der Waals surface area (Å²) in [7, 11) is 1.58. The number of nitrogens with zero attached hydrogens (tertiary/aromatic N) is 2. The van der Waals surface area contributed by atoms with Gasteiger partial charge in [0, 0.05) is 31.3 Å². The highest BCUT2D eigenvalue weighted by Gasteiger charge is 2.24. The number of hydrogen-bond donors (Lipinski definition) is 2. The zero-order chi connectivity index (χ0) is 16.4. The molecule has 0 bridgehead atoms. The van der Waals surface area contributed by atoms with E-state index in [1.807, 2.05) is 6.07 Å². The molecule has 2 N–H and O–H groups in total.